The maximum atomic E-state index is 3.50. The Kier molecular flexibility index (Phi) is 5.86. The summed E-state index contributed by atoms with van der Waals surface area (Å²) in [4.78, 5) is 0. The van der Waals surface area contributed by atoms with E-state index in [0.717, 1.165) is 21.7 Å². The van der Waals surface area contributed by atoms with E-state index in [2.05, 4.69) is 63.6 Å². The van der Waals surface area contributed by atoms with E-state index in [1.807, 2.05) is 0 Å². The van der Waals surface area contributed by atoms with Crippen molar-refractivity contribution in [2.75, 3.05) is 12.8 Å². The Morgan fingerprint density at radius 3 is 2.40 bits per heavy atom. The Labute approximate surface area is 104 Å². The van der Waals surface area contributed by atoms with Crippen molar-refractivity contribution in [2.45, 2.75) is 55.9 Å². The van der Waals surface area contributed by atoms with Gasteiger partial charge in [0.15, 0.2) is 0 Å². The molecule has 0 radical (unpaired) electrons. The molecule has 90 valence electrons. The van der Waals surface area contributed by atoms with Crippen LogP contribution in [0.2, 0.25) is 0 Å². The first kappa shape index (κ1) is 13.7. The van der Waals surface area contributed by atoms with E-state index in [9.17, 15) is 0 Å². The second-order valence-electron chi connectivity index (χ2n) is 4.94. The third kappa shape index (κ3) is 4.20. The quantitative estimate of drug-likeness (QED) is 0.819. The zero-order valence-electron chi connectivity index (χ0n) is 10.6. The fourth-order valence-corrected chi connectivity index (χ4v) is 5.17. The molecule has 1 aliphatic heterocycles. The molecule has 0 saturated carbocycles. The van der Waals surface area contributed by atoms with Crippen LogP contribution < -0.4 is 5.32 Å². The molecule has 15 heavy (non-hydrogen) atoms. The minimum absolute atomic E-state index is 0.692. The van der Waals surface area contributed by atoms with Crippen LogP contribution in [0.4, 0.5) is 0 Å². The fraction of sp³-hybridized carbons (Fsp3) is 1.00. The topological polar surface area (TPSA) is 12.0 Å². The summed E-state index contributed by atoms with van der Waals surface area (Å²) in [5.41, 5.74) is 0. The van der Waals surface area contributed by atoms with Crippen LogP contribution in [0.15, 0.2) is 0 Å². The van der Waals surface area contributed by atoms with Crippen LogP contribution in [0.5, 0.6) is 0 Å². The van der Waals surface area contributed by atoms with Crippen molar-refractivity contribution in [1.29, 1.82) is 0 Å². The van der Waals surface area contributed by atoms with E-state index in [1.54, 1.807) is 0 Å². The van der Waals surface area contributed by atoms with Crippen molar-refractivity contribution in [3.05, 3.63) is 0 Å². The number of thioether (sulfide) groups is 2. The summed E-state index contributed by atoms with van der Waals surface area (Å²) in [6, 6.07) is 0.692. The summed E-state index contributed by atoms with van der Waals surface area (Å²) in [6.45, 7) is 9.36. The molecule has 0 spiro atoms. The Balaban J connectivity index is 2.47. The summed E-state index contributed by atoms with van der Waals surface area (Å²) in [7, 11) is 2.11. The Morgan fingerprint density at radius 2 is 1.93 bits per heavy atom. The minimum Gasteiger partial charge on any atom is -0.316 e. The van der Waals surface area contributed by atoms with Crippen molar-refractivity contribution >= 4 is 23.5 Å². The summed E-state index contributed by atoms with van der Waals surface area (Å²) in [6.07, 6.45) is 1.30. The molecule has 0 bridgehead atoms. The number of hydrogen-bond acceptors (Lipinski definition) is 3. The highest BCUT2D eigenvalue weighted by atomic mass is 32.2. The molecule has 0 amide bonds. The second kappa shape index (κ2) is 6.41. The number of rotatable bonds is 4. The van der Waals surface area contributed by atoms with Gasteiger partial charge in [0.25, 0.3) is 0 Å². The van der Waals surface area contributed by atoms with E-state index < -0.39 is 0 Å². The average molecular weight is 247 g/mol. The van der Waals surface area contributed by atoms with Crippen molar-refractivity contribution in [3.8, 4) is 0 Å². The van der Waals surface area contributed by atoms with Gasteiger partial charge in [0, 0.05) is 27.5 Å². The summed E-state index contributed by atoms with van der Waals surface area (Å²) < 4.78 is 0. The van der Waals surface area contributed by atoms with Gasteiger partial charge in [0.2, 0.25) is 0 Å². The molecule has 0 aromatic carbocycles. The molecule has 4 atom stereocenters. The largest absolute Gasteiger partial charge is 0.316 e. The molecule has 1 nitrogen and oxygen atoms in total. The van der Waals surface area contributed by atoms with E-state index >= 15 is 0 Å². The first-order chi connectivity index (χ1) is 7.04. The van der Waals surface area contributed by atoms with Crippen molar-refractivity contribution in [1.82, 2.24) is 5.32 Å². The summed E-state index contributed by atoms with van der Waals surface area (Å²) in [5, 5.41) is 5.93. The molecule has 1 rings (SSSR count). The highest BCUT2D eigenvalue weighted by Gasteiger charge is 2.30. The number of nitrogens with one attached hydrogen (secondary N) is 1. The Bertz CT molecular complexity index is 184. The Hall–Kier alpha value is 0.660. The third-order valence-corrected chi connectivity index (χ3v) is 6.67. The van der Waals surface area contributed by atoms with Gasteiger partial charge < -0.3 is 5.32 Å². The van der Waals surface area contributed by atoms with Crippen LogP contribution in [-0.4, -0.2) is 34.6 Å². The van der Waals surface area contributed by atoms with E-state index in [4.69, 9.17) is 0 Å². The molecule has 1 heterocycles. The van der Waals surface area contributed by atoms with Crippen LogP contribution in [0.25, 0.3) is 0 Å². The molecular formula is C12H25NS2. The molecule has 3 heteroatoms. The molecule has 0 aliphatic carbocycles. The molecule has 0 aromatic rings. The van der Waals surface area contributed by atoms with E-state index in [-0.39, 0.29) is 0 Å². The van der Waals surface area contributed by atoms with Gasteiger partial charge in [0.1, 0.15) is 0 Å². The second-order valence-corrected chi connectivity index (χ2v) is 7.97. The van der Waals surface area contributed by atoms with Crippen LogP contribution in [-0.2, 0) is 0 Å². The Morgan fingerprint density at radius 1 is 1.27 bits per heavy atom. The maximum absolute atomic E-state index is 3.50. The highest BCUT2D eigenvalue weighted by molar-refractivity contribution is 8.07. The maximum Gasteiger partial charge on any atom is 0.0294 e. The predicted octanol–water partition coefficient (Wildman–Crippen LogP) is 3.25. The van der Waals surface area contributed by atoms with Gasteiger partial charge in [-0.2, -0.15) is 23.5 Å². The van der Waals surface area contributed by atoms with Gasteiger partial charge in [-0.25, -0.2) is 0 Å². The van der Waals surface area contributed by atoms with Crippen LogP contribution in [0, 0.1) is 5.92 Å². The van der Waals surface area contributed by atoms with E-state index in [0.29, 0.717) is 6.04 Å². The standard InChI is InChI=1S/C12H25NS2/c1-8(2)6-11(13-5)12-7-14-9(3)10(4)15-12/h8-13H,6-7H2,1-5H3. The normalized spacial score (nSPS) is 34.4. The fourth-order valence-electron chi connectivity index (χ4n) is 1.98. The lowest BCUT2D eigenvalue weighted by molar-refractivity contribution is 0.441. The molecule has 1 saturated heterocycles. The minimum atomic E-state index is 0.692. The lowest BCUT2D eigenvalue weighted by atomic mass is 10.0. The van der Waals surface area contributed by atoms with Gasteiger partial charge >= 0.3 is 0 Å². The zero-order chi connectivity index (χ0) is 11.4. The lowest BCUT2D eigenvalue weighted by Gasteiger charge is -2.36. The molecule has 4 unspecified atom stereocenters. The van der Waals surface area contributed by atoms with Crippen molar-refractivity contribution < 1.29 is 0 Å². The van der Waals surface area contributed by atoms with Crippen LogP contribution >= 0.6 is 23.5 Å². The van der Waals surface area contributed by atoms with Crippen molar-refractivity contribution in [2.24, 2.45) is 5.92 Å². The van der Waals surface area contributed by atoms with Gasteiger partial charge in [-0.1, -0.05) is 27.7 Å². The highest BCUT2D eigenvalue weighted by Crippen LogP contribution is 2.37. The van der Waals surface area contributed by atoms with Gasteiger partial charge in [-0.15, -0.1) is 0 Å². The smallest absolute Gasteiger partial charge is 0.0294 e. The van der Waals surface area contributed by atoms with Gasteiger partial charge in [-0.3, -0.25) is 0 Å². The number of hydrogen-bond donors (Lipinski definition) is 1. The molecular weight excluding hydrogens is 222 g/mol. The monoisotopic (exact) mass is 247 g/mol. The van der Waals surface area contributed by atoms with E-state index in [1.165, 1.54) is 12.2 Å². The van der Waals surface area contributed by atoms with Gasteiger partial charge in [-0.05, 0) is 19.4 Å². The van der Waals surface area contributed by atoms with Gasteiger partial charge in [0.05, 0.1) is 0 Å². The SMILES string of the molecule is CNC(CC(C)C)C1CSC(C)C(C)S1. The summed E-state index contributed by atoms with van der Waals surface area (Å²) >= 11 is 4.33. The molecule has 0 aromatic heterocycles. The third-order valence-electron chi connectivity index (χ3n) is 3.12. The average Bonchev–Trinajstić information content (AvgIpc) is 2.18. The van der Waals surface area contributed by atoms with Crippen LogP contribution in [0.3, 0.4) is 0 Å². The summed E-state index contributed by atoms with van der Waals surface area (Å²) in [5.74, 6) is 2.11. The lowest BCUT2D eigenvalue weighted by Crippen LogP contribution is -2.42. The van der Waals surface area contributed by atoms with Crippen molar-refractivity contribution in [3.63, 3.8) is 0 Å². The zero-order valence-corrected chi connectivity index (χ0v) is 12.3. The molecule has 1 fully saturated rings. The predicted molar refractivity (Wildman–Crippen MR) is 75.1 cm³/mol. The first-order valence-electron chi connectivity index (χ1n) is 5.99. The van der Waals surface area contributed by atoms with Crippen LogP contribution in [0.1, 0.15) is 34.1 Å². The first-order valence-corrected chi connectivity index (χ1v) is 7.98. The molecule has 1 aliphatic rings. The molecule has 1 N–H and O–H groups in total.